The summed E-state index contributed by atoms with van der Waals surface area (Å²) < 4.78 is 45.7. The Morgan fingerprint density at radius 2 is 1.88 bits per heavy atom. The second kappa shape index (κ2) is 7.38. The first-order valence-corrected chi connectivity index (χ1v) is 8.00. The number of aromatic nitrogens is 3. The summed E-state index contributed by atoms with van der Waals surface area (Å²) in [5.74, 6) is 1.55. The van der Waals surface area contributed by atoms with Gasteiger partial charge >= 0.3 is 6.18 Å². The first-order chi connectivity index (χ1) is 12.0. The predicted octanol–water partition coefficient (Wildman–Crippen LogP) is 2.59. The molecule has 26 heavy (non-hydrogen) atoms. The molecule has 0 aliphatic carbocycles. The molecule has 0 fully saturated rings. The summed E-state index contributed by atoms with van der Waals surface area (Å²) in [5, 5.41) is 9.27. The first-order valence-electron chi connectivity index (χ1n) is 8.00. The Balaban J connectivity index is 1.96. The van der Waals surface area contributed by atoms with Gasteiger partial charge in [-0.1, -0.05) is 20.8 Å². The number of guanidine groups is 1. The third-order valence-electron chi connectivity index (χ3n) is 3.54. The minimum atomic E-state index is -4.50. The van der Waals surface area contributed by atoms with Crippen LogP contribution in [0, 0.1) is 0 Å². The Labute approximate surface area is 149 Å². The van der Waals surface area contributed by atoms with Gasteiger partial charge in [-0.05, 0) is 0 Å². The molecule has 0 unspecified atom stereocenters. The summed E-state index contributed by atoms with van der Waals surface area (Å²) in [5.41, 5.74) is -1.03. The number of hydrogen-bond acceptors (Lipinski definition) is 4. The molecule has 2 aromatic heterocycles. The number of oxazole rings is 1. The molecule has 2 N–H and O–H groups in total. The van der Waals surface area contributed by atoms with E-state index in [2.05, 4.69) is 25.7 Å². The molecule has 7 nitrogen and oxygen atoms in total. The average Bonchev–Trinajstić information content (AvgIpc) is 3.13. The Bertz CT molecular complexity index is 770. The predicted molar refractivity (Wildman–Crippen MR) is 90.5 cm³/mol. The van der Waals surface area contributed by atoms with Crippen LogP contribution in [0.1, 0.15) is 43.7 Å². The molecule has 2 aromatic rings. The Morgan fingerprint density at radius 3 is 2.42 bits per heavy atom. The normalized spacial score (nSPS) is 13.2. The summed E-state index contributed by atoms with van der Waals surface area (Å²) >= 11 is 0. The van der Waals surface area contributed by atoms with Gasteiger partial charge in [-0.25, -0.2) is 4.98 Å². The first kappa shape index (κ1) is 19.8. The Morgan fingerprint density at radius 1 is 1.23 bits per heavy atom. The van der Waals surface area contributed by atoms with Gasteiger partial charge < -0.3 is 15.1 Å². The van der Waals surface area contributed by atoms with Gasteiger partial charge in [0.05, 0.1) is 12.7 Å². The summed E-state index contributed by atoms with van der Waals surface area (Å²) in [6, 6.07) is 0. The van der Waals surface area contributed by atoms with E-state index in [-0.39, 0.29) is 24.1 Å². The zero-order valence-electron chi connectivity index (χ0n) is 15.4. The van der Waals surface area contributed by atoms with Crippen LogP contribution in [0.2, 0.25) is 0 Å². The van der Waals surface area contributed by atoms with E-state index in [0.29, 0.717) is 11.9 Å². The number of nitrogens with one attached hydrogen (secondary N) is 2. The maximum atomic E-state index is 13.0. The standard InChI is InChI=1S/C16H23F3N6O/c1-15(2,3)11-7-21-12(26-11)8-23-14(20-4)22-6-10-9-25(5)24-13(10)16(17,18)19/h7,9H,6,8H2,1-5H3,(H2,20,22,23). The molecule has 0 atom stereocenters. The maximum absolute atomic E-state index is 13.0. The van der Waals surface area contributed by atoms with Crippen molar-refractivity contribution in [2.75, 3.05) is 7.05 Å². The number of alkyl halides is 3. The number of aryl methyl sites for hydroxylation is 1. The van der Waals surface area contributed by atoms with Crippen LogP contribution in [-0.4, -0.2) is 27.8 Å². The number of hydrogen-bond donors (Lipinski definition) is 2. The zero-order chi connectivity index (χ0) is 19.5. The molecule has 0 bridgehead atoms. The van der Waals surface area contributed by atoms with Gasteiger partial charge in [-0.15, -0.1) is 0 Å². The quantitative estimate of drug-likeness (QED) is 0.637. The Kier molecular flexibility index (Phi) is 5.62. The summed E-state index contributed by atoms with van der Waals surface area (Å²) in [6.07, 6.45) is -1.51. The van der Waals surface area contributed by atoms with Crippen LogP contribution in [0.3, 0.4) is 0 Å². The van der Waals surface area contributed by atoms with Crippen molar-refractivity contribution < 1.29 is 17.6 Å². The molecule has 10 heteroatoms. The van der Waals surface area contributed by atoms with E-state index in [9.17, 15) is 13.2 Å². The maximum Gasteiger partial charge on any atom is 0.435 e. The molecule has 0 saturated carbocycles. The highest BCUT2D eigenvalue weighted by atomic mass is 19.4. The summed E-state index contributed by atoms with van der Waals surface area (Å²) in [6.45, 7) is 6.22. The third-order valence-corrected chi connectivity index (χ3v) is 3.54. The minimum Gasteiger partial charge on any atom is -0.443 e. The largest absolute Gasteiger partial charge is 0.443 e. The summed E-state index contributed by atoms with van der Waals surface area (Å²) in [4.78, 5) is 8.17. The van der Waals surface area contributed by atoms with Crippen LogP contribution in [-0.2, 0) is 31.7 Å². The smallest absolute Gasteiger partial charge is 0.435 e. The van der Waals surface area contributed by atoms with E-state index in [4.69, 9.17) is 4.42 Å². The fourth-order valence-corrected chi connectivity index (χ4v) is 2.20. The molecule has 0 spiro atoms. The van der Waals surface area contributed by atoms with Crippen molar-refractivity contribution in [2.45, 2.75) is 45.5 Å². The molecule has 2 heterocycles. The highest BCUT2D eigenvalue weighted by Crippen LogP contribution is 2.30. The van der Waals surface area contributed by atoms with Crippen molar-refractivity contribution in [2.24, 2.45) is 12.0 Å². The van der Waals surface area contributed by atoms with Crippen molar-refractivity contribution in [3.63, 3.8) is 0 Å². The minimum absolute atomic E-state index is 0.0362. The van der Waals surface area contributed by atoms with Gasteiger partial charge in [0.15, 0.2) is 11.7 Å². The van der Waals surface area contributed by atoms with Crippen molar-refractivity contribution in [3.8, 4) is 0 Å². The third kappa shape index (κ3) is 4.99. The zero-order valence-corrected chi connectivity index (χ0v) is 15.4. The molecule has 0 radical (unpaired) electrons. The van der Waals surface area contributed by atoms with Crippen LogP contribution < -0.4 is 10.6 Å². The second-order valence-electron chi connectivity index (χ2n) is 6.82. The van der Waals surface area contributed by atoms with Gasteiger partial charge in [0.2, 0.25) is 5.89 Å². The van der Waals surface area contributed by atoms with E-state index < -0.39 is 11.9 Å². The average molecular weight is 372 g/mol. The number of halogens is 3. The molecule has 0 aliphatic rings. The van der Waals surface area contributed by atoms with Crippen LogP contribution >= 0.6 is 0 Å². The monoisotopic (exact) mass is 372 g/mol. The highest BCUT2D eigenvalue weighted by molar-refractivity contribution is 5.79. The molecule has 0 aliphatic heterocycles. The van der Waals surface area contributed by atoms with Crippen molar-refractivity contribution in [1.29, 1.82) is 0 Å². The van der Waals surface area contributed by atoms with Crippen LogP contribution in [0.5, 0.6) is 0 Å². The van der Waals surface area contributed by atoms with Crippen LogP contribution in [0.4, 0.5) is 13.2 Å². The lowest BCUT2D eigenvalue weighted by Gasteiger charge is -2.13. The number of aliphatic imine (C=N–C) groups is 1. The molecule has 0 aromatic carbocycles. The van der Waals surface area contributed by atoms with Crippen LogP contribution in [0.25, 0.3) is 0 Å². The van der Waals surface area contributed by atoms with Crippen molar-refractivity contribution in [1.82, 2.24) is 25.4 Å². The molecular weight excluding hydrogens is 349 g/mol. The molecular formula is C16H23F3N6O. The van der Waals surface area contributed by atoms with Gasteiger partial charge in [0, 0.05) is 37.8 Å². The van der Waals surface area contributed by atoms with Crippen molar-refractivity contribution in [3.05, 3.63) is 35.3 Å². The number of nitrogens with zero attached hydrogens (tertiary/aromatic N) is 4. The summed E-state index contributed by atoms with van der Waals surface area (Å²) in [7, 11) is 2.97. The fourth-order valence-electron chi connectivity index (χ4n) is 2.20. The van der Waals surface area contributed by atoms with E-state index in [1.54, 1.807) is 6.20 Å². The second-order valence-corrected chi connectivity index (χ2v) is 6.82. The fraction of sp³-hybridized carbons (Fsp3) is 0.562. The van der Waals surface area contributed by atoms with Crippen LogP contribution in [0.15, 0.2) is 21.8 Å². The van der Waals surface area contributed by atoms with E-state index in [1.165, 1.54) is 20.3 Å². The lowest BCUT2D eigenvalue weighted by Crippen LogP contribution is -2.36. The molecule has 0 amide bonds. The SMILES string of the molecule is CN=C(NCc1ncc(C(C)(C)C)o1)NCc1cn(C)nc1C(F)(F)F. The molecule has 2 rings (SSSR count). The van der Waals surface area contributed by atoms with E-state index in [0.717, 1.165) is 10.4 Å². The van der Waals surface area contributed by atoms with Gasteiger partial charge in [0.25, 0.3) is 0 Å². The topological polar surface area (TPSA) is 80.3 Å². The van der Waals surface area contributed by atoms with Gasteiger partial charge in [-0.2, -0.15) is 18.3 Å². The van der Waals surface area contributed by atoms with E-state index >= 15 is 0 Å². The number of rotatable bonds is 4. The van der Waals surface area contributed by atoms with Crippen molar-refractivity contribution >= 4 is 5.96 Å². The lowest BCUT2D eigenvalue weighted by molar-refractivity contribution is -0.142. The van der Waals surface area contributed by atoms with Gasteiger partial charge in [-0.3, -0.25) is 9.67 Å². The van der Waals surface area contributed by atoms with E-state index in [1.807, 2.05) is 20.8 Å². The van der Waals surface area contributed by atoms with Gasteiger partial charge in [0.1, 0.15) is 5.76 Å². The molecule has 144 valence electrons. The lowest BCUT2D eigenvalue weighted by atomic mass is 9.94. The molecule has 0 saturated heterocycles. The highest BCUT2D eigenvalue weighted by Gasteiger charge is 2.36. The Hall–Kier alpha value is -2.52.